The second kappa shape index (κ2) is 5.76. The van der Waals surface area contributed by atoms with Crippen LogP contribution >= 0.6 is 0 Å². The Kier molecular flexibility index (Phi) is 1.86. The molecule has 7 nitrogen and oxygen atoms in total. The number of para-hydroxylation sites is 1. The Balaban J connectivity index is 1.64. The number of nitrogens with one attached hydrogen (secondary N) is 1. The minimum atomic E-state index is -3.00. The van der Waals surface area contributed by atoms with E-state index >= 15 is 0 Å². The van der Waals surface area contributed by atoms with E-state index in [9.17, 15) is 11.0 Å². The molecule has 2 atom stereocenters. The molecule has 3 aliphatic rings. The van der Waals surface area contributed by atoms with Crippen LogP contribution in [0.5, 0.6) is 11.5 Å². The number of fused-ring (bicyclic) bond motifs is 5. The average molecular weight is 399 g/mol. The van der Waals surface area contributed by atoms with Crippen LogP contribution in [0, 0.1) is 0 Å². The molecule has 0 bridgehead atoms. The molecule has 1 saturated heterocycles. The highest BCUT2D eigenvalue weighted by Gasteiger charge is 2.47. The Morgan fingerprint density at radius 3 is 3.03 bits per heavy atom. The molecular formula is C22H19N3O4. The van der Waals surface area contributed by atoms with Gasteiger partial charge in [-0.05, 0) is 29.3 Å². The number of hydrogen-bond donors (Lipinski definition) is 1. The van der Waals surface area contributed by atoms with Gasteiger partial charge in [-0.2, -0.15) is 0 Å². The fourth-order valence-electron chi connectivity index (χ4n) is 4.13. The fourth-order valence-corrected chi connectivity index (χ4v) is 4.13. The number of amides is 2. The van der Waals surface area contributed by atoms with Crippen molar-refractivity contribution < 1.29 is 32.8 Å². The maximum absolute atomic E-state index is 13.6. The van der Waals surface area contributed by atoms with Gasteiger partial charge in [-0.15, -0.1) is 0 Å². The largest absolute Gasteiger partial charge is 0.454 e. The molecule has 2 amide bonds. The van der Waals surface area contributed by atoms with Crippen molar-refractivity contribution in [3.8, 4) is 11.5 Å². The second-order valence-corrected chi connectivity index (χ2v) is 6.94. The van der Waals surface area contributed by atoms with Crippen LogP contribution in [0.2, 0.25) is 0 Å². The lowest BCUT2D eigenvalue weighted by Crippen LogP contribution is -2.62. The maximum atomic E-state index is 13.6. The lowest BCUT2D eigenvalue weighted by Gasteiger charge is -2.46. The number of hydrogen-bond acceptors (Lipinski definition) is 4. The highest BCUT2D eigenvalue weighted by molar-refractivity contribution is 5.97. The van der Waals surface area contributed by atoms with Crippen LogP contribution < -0.4 is 9.47 Å². The SMILES string of the molecule is [2H]c1c([2H])c([2H])c2c3c([nH]c2c1[2H])C(c1ccc2c(c1)OC([2H])([2H])O2)N1C(=O)CN(C([2H])([2H])[2H])C(=O)[C@@]1([2H])C3. The van der Waals surface area contributed by atoms with E-state index in [2.05, 4.69) is 4.98 Å². The number of H-pyrrole nitrogens is 1. The van der Waals surface area contributed by atoms with E-state index in [0.29, 0.717) is 4.90 Å². The lowest BCUT2D eigenvalue weighted by atomic mass is 9.86. The number of rotatable bonds is 1. The van der Waals surface area contributed by atoms with Crippen molar-refractivity contribution in [2.24, 2.45) is 0 Å². The summed E-state index contributed by atoms with van der Waals surface area (Å²) >= 11 is 0. The molecule has 6 rings (SSSR count). The van der Waals surface area contributed by atoms with Gasteiger partial charge in [0.2, 0.25) is 18.6 Å². The Hall–Kier alpha value is -3.48. The minimum Gasteiger partial charge on any atom is -0.454 e. The molecule has 3 aliphatic heterocycles. The van der Waals surface area contributed by atoms with E-state index in [1.54, 1.807) is 0 Å². The standard InChI is InChI=1S/C22H19N3O4/c1-24-10-19(26)25-16(22(24)27)9-14-13-4-2-3-5-15(13)23-20(14)21(25)12-6-7-17-18(8-12)29-11-28-17/h2-8,16,21,23H,9-11H2,1H3/t16-,21?/m1/s1/i1D3,2D,3D,4D,5D,11D2,16D. The fraction of sp³-hybridized carbons (Fsp3) is 0.273. The van der Waals surface area contributed by atoms with Crippen LogP contribution in [0.1, 0.15) is 36.6 Å². The predicted molar refractivity (Wildman–Crippen MR) is 105 cm³/mol. The summed E-state index contributed by atoms with van der Waals surface area (Å²) in [6.07, 6.45) is -0.537. The first kappa shape index (κ1) is 9.35. The van der Waals surface area contributed by atoms with Gasteiger partial charge in [0.05, 0.1) is 19.4 Å². The van der Waals surface area contributed by atoms with Gasteiger partial charge in [-0.3, -0.25) is 9.59 Å². The highest BCUT2D eigenvalue weighted by Crippen LogP contribution is 2.44. The van der Waals surface area contributed by atoms with Crippen molar-refractivity contribution >= 4 is 22.7 Å². The number of carbonyl (C=O) groups is 2. The van der Waals surface area contributed by atoms with Crippen molar-refractivity contribution in [3.63, 3.8) is 0 Å². The topological polar surface area (TPSA) is 74.9 Å². The zero-order valence-electron chi connectivity index (χ0n) is 24.8. The summed E-state index contributed by atoms with van der Waals surface area (Å²) in [6, 6.07) is -1.35. The summed E-state index contributed by atoms with van der Waals surface area (Å²) in [5.41, 5.74) is 0.627. The van der Waals surface area contributed by atoms with E-state index in [-0.39, 0.29) is 39.2 Å². The zero-order valence-corrected chi connectivity index (χ0v) is 14.8. The van der Waals surface area contributed by atoms with E-state index in [1.807, 2.05) is 0 Å². The number of nitrogens with zero attached hydrogens (tertiary/aromatic N) is 2. The summed E-state index contributed by atoms with van der Waals surface area (Å²) < 4.78 is 91.3. The van der Waals surface area contributed by atoms with Gasteiger partial charge in [-0.25, -0.2) is 0 Å². The van der Waals surface area contributed by atoms with E-state index in [4.69, 9.17) is 21.8 Å². The summed E-state index contributed by atoms with van der Waals surface area (Å²) in [4.78, 5) is 31.4. The van der Waals surface area contributed by atoms with Gasteiger partial charge in [0.15, 0.2) is 11.5 Å². The first-order chi connectivity index (χ1) is 18.0. The maximum Gasteiger partial charge on any atom is 0.245 e. The van der Waals surface area contributed by atoms with Crippen LogP contribution in [0.3, 0.4) is 0 Å². The molecule has 7 heteroatoms. The monoisotopic (exact) mass is 399 g/mol. The molecule has 0 radical (unpaired) electrons. The van der Waals surface area contributed by atoms with Crippen LogP contribution in [0.4, 0.5) is 0 Å². The predicted octanol–water partition coefficient (Wildman–Crippen LogP) is 2.21. The number of ether oxygens (including phenoxy) is 2. The molecule has 0 saturated carbocycles. The molecule has 2 aromatic carbocycles. The molecule has 146 valence electrons. The summed E-state index contributed by atoms with van der Waals surface area (Å²) in [7, 11) is 0. The molecule has 0 aliphatic carbocycles. The van der Waals surface area contributed by atoms with Crippen molar-refractivity contribution in [3.05, 3.63) is 59.2 Å². The number of aromatic amines is 1. The first-order valence-corrected chi connectivity index (χ1v) is 8.82. The van der Waals surface area contributed by atoms with Gasteiger partial charge in [0.1, 0.15) is 8.76 Å². The number of piperazine rings is 1. The Morgan fingerprint density at radius 1 is 1.28 bits per heavy atom. The molecule has 1 aromatic heterocycles. The normalized spacial score (nSPS) is 32.5. The third-order valence-electron chi connectivity index (χ3n) is 5.38. The van der Waals surface area contributed by atoms with Crippen molar-refractivity contribution in [1.82, 2.24) is 14.8 Å². The Labute approximate surface area is 180 Å². The number of carbonyl (C=O) groups excluding carboxylic acids is 2. The minimum absolute atomic E-state index is 0.00380. The smallest absolute Gasteiger partial charge is 0.245 e. The molecule has 1 unspecified atom stereocenters. The molecule has 4 heterocycles. The second-order valence-electron chi connectivity index (χ2n) is 6.94. The van der Waals surface area contributed by atoms with Crippen molar-refractivity contribution in [2.75, 3.05) is 20.3 Å². The average Bonchev–Trinajstić information content (AvgIpc) is 3.36. The van der Waals surface area contributed by atoms with E-state index in [0.717, 1.165) is 4.90 Å². The van der Waals surface area contributed by atoms with Gasteiger partial charge >= 0.3 is 0 Å². The zero-order chi connectivity index (χ0) is 28.4. The molecule has 29 heavy (non-hydrogen) atoms. The Morgan fingerprint density at radius 2 is 2.14 bits per heavy atom. The van der Waals surface area contributed by atoms with Crippen LogP contribution in [-0.4, -0.2) is 52.9 Å². The number of aromatic nitrogens is 1. The molecule has 3 aromatic rings. The first-order valence-electron chi connectivity index (χ1n) is 13.8. The van der Waals surface area contributed by atoms with E-state index < -0.39 is 74.7 Å². The highest BCUT2D eigenvalue weighted by atomic mass is 16.7. The number of likely N-dealkylation sites (N-methyl/N-ethyl adjacent to an activating group) is 1. The molecular weight excluding hydrogens is 370 g/mol. The summed E-state index contributed by atoms with van der Waals surface area (Å²) in [6.45, 7) is -6.28. The Bertz CT molecular complexity index is 1620. The summed E-state index contributed by atoms with van der Waals surface area (Å²) in [5, 5.41) is 0.0237. The van der Waals surface area contributed by atoms with Crippen LogP contribution in [-0.2, 0) is 16.0 Å². The van der Waals surface area contributed by atoms with Crippen LogP contribution in [0.15, 0.2) is 42.4 Å². The third kappa shape index (κ3) is 2.24. The van der Waals surface area contributed by atoms with E-state index in [1.165, 1.54) is 18.2 Å². The van der Waals surface area contributed by atoms with Crippen molar-refractivity contribution in [2.45, 2.75) is 18.5 Å². The third-order valence-corrected chi connectivity index (χ3v) is 5.38. The van der Waals surface area contributed by atoms with Gasteiger partial charge in [-0.1, -0.05) is 24.2 Å². The van der Waals surface area contributed by atoms with Gasteiger partial charge in [0, 0.05) is 34.1 Å². The molecule has 0 spiro atoms. The molecule has 1 N–H and O–H groups in total. The van der Waals surface area contributed by atoms with Gasteiger partial charge < -0.3 is 24.3 Å². The number of benzene rings is 2. The van der Waals surface area contributed by atoms with Crippen molar-refractivity contribution in [1.29, 1.82) is 0 Å². The molecule has 1 fully saturated rings. The quantitative estimate of drug-likeness (QED) is 0.681. The summed E-state index contributed by atoms with van der Waals surface area (Å²) in [5.74, 6) is -1.95. The van der Waals surface area contributed by atoms with Gasteiger partial charge in [0.25, 0.3) is 0 Å². The lowest BCUT2D eigenvalue weighted by molar-refractivity contribution is -0.157. The van der Waals surface area contributed by atoms with Crippen LogP contribution in [0.25, 0.3) is 10.9 Å².